The number of carbonyl (C=O) groups is 1. The zero-order valence-corrected chi connectivity index (χ0v) is 21.7. The van der Waals surface area contributed by atoms with Crippen molar-refractivity contribution in [2.45, 2.75) is 26.3 Å². The number of benzene rings is 1. The smallest absolute Gasteiger partial charge is 0.267 e. The van der Waals surface area contributed by atoms with Crippen molar-refractivity contribution in [2.24, 2.45) is 0 Å². The highest BCUT2D eigenvalue weighted by atomic mass is 32.2. The highest BCUT2D eigenvalue weighted by Crippen LogP contribution is 2.35. The lowest BCUT2D eigenvalue weighted by molar-refractivity contribution is -0.123. The van der Waals surface area contributed by atoms with E-state index in [1.807, 2.05) is 35.8 Å². The van der Waals surface area contributed by atoms with E-state index in [0.29, 0.717) is 58.1 Å². The molecule has 1 amide bonds. The standard InChI is InChI=1S/C26H26FN5O2S2/c1-3-17(2)32-25(34)21(36-26(32)35)16-18-23(28-22-10-6-7-11-31(22)24(18)33)30-14-12-29(13-15-30)20-9-5-4-8-19(20)27/h4-11,16-17H,3,12-15H2,1-2H3/b21-16-/t17-/m1/s1. The van der Waals surface area contributed by atoms with Crippen LogP contribution in [0.1, 0.15) is 25.8 Å². The van der Waals surface area contributed by atoms with Gasteiger partial charge >= 0.3 is 0 Å². The van der Waals surface area contributed by atoms with Gasteiger partial charge in [-0.25, -0.2) is 9.37 Å². The normalized spacial score (nSPS) is 18.5. The summed E-state index contributed by atoms with van der Waals surface area (Å²) in [6.07, 6.45) is 4.08. The predicted octanol–water partition coefficient (Wildman–Crippen LogP) is 4.16. The van der Waals surface area contributed by atoms with Gasteiger partial charge in [0.1, 0.15) is 21.6 Å². The number of amides is 1. The summed E-state index contributed by atoms with van der Waals surface area (Å²) >= 11 is 6.69. The first-order chi connectivity index (χ1) is 17.4. The van der Waals surface area contributed by atoms with E-state index in [2.05, 4.69) is 0 Å². The van der Waals surface area contributed by atoms with Gasteiger partial charge in [-0.3, -0.25) is 18.9 Å². The Kier molecular flexibility index (Phi) is 6.81. The number of nitrogens with zero attached hydrogens (tertiary/aromatic N) is 5. The summed E-state index contributed by atoms with van der Waals surface area (Å²) < 4.78 is 16.3. The minimum atomic E-state index is -0.253. The maximum absolute atomic E-state index is 14.3. The molecule has 7 nitrogen and oxygen atoms in total. The Morgan fingerprint density at radius 2 is 1.78 bits per heavy atom. The van der Waals surface area contributed by atoms with Crippen LogP contribution in [0.25, 0.3) is 11.7 Å². The summed E-state index contributed by atoms with van der Waals surface area (Å²) in [7, 11) is 0. The molecule has 3 aromatic rings. The molecule has 0 unspecified atom stereocenters. The topological polar surface area (TPSA) is 61.2 Å². The molecule has 1 aromatic carbocycles. The molecule has 2 aromatic heterocycles. The molecule has 2 fully saturated rings. The summed E-state index contributed by atoms with van der Waals surface area (Å²) in [6.45, 7) is 6.22. The molecule has 0 radical (unpaired) electrons. The van der Waals surface area contributed by atoms with E-state index in [9.17, 15) is 14.0 Å². The van der Waals surface area contributed by atoms with Crippen LogP contribution in [-0.2, 0) is 4.79 Å². The molecular weight excluding hydrogens is 497 g/mol. The van der Waals surface area contributed by atoms with Gasteiger partial charge in [-0.1, -0.05) is 49.1 Å². The molecule has 4 heterocycles. The average molecular weight is 524 g/mol. The highest BCUT2D eigenvalue weighted by Gasteiger charge is 2.35. The number of hydrogen-bond acceptors (Lipinski definition) is 7. The quantitative estimate of drug-likeness (QED) is 0.368. The lowest BCUT2D eigenvalue weighted by atomic mass is 10.2. The van der Waals surface area contributed by atoms with Crippen LogP contribution in [0.3, 0.4) is 0 Å². The van der Waals surface area contributed by atoms with Gasteiger partial charge in [0.05, 0.1) is 16.2 Å². The number of anilines is 2. The van der Waals surface area contributed by atoms with Crippen LogP contribution in [0.15, 0.2) is 58.4 Å². The molecule has 1 atom stereocenters. The number of piperazine rings is 1. The largest absolute Gasteiger partial charge is 0.366 e. The molecule has 5 rings (SSSR count). The lowest BCUT2D eigenvalue weighted by Gasteiger charge is -2.37. The second kappa shape index (κ2) is 10.0. The Bertz CT molecular complexity index is 1430. The molecule has 0 N–H and O–H groups in total. The number of carbonyl (C=O) groups excluding carboxylic acids is 1. The molecule has 186 valence electrons. The second-order valence-electron chi connectivity index (χ2n) is 8.82. The Labute approximate surface area is 218 Å². The highest BCUT2D eigenvalue weighted by molar-refractivity contribution is 8.26. The fourth-order valence-electron chi connectivity index (χ4n) is 4.50. The van der Waals surface area contributed by atoms with Crippen molar-refractivity contribution in [3.63, 3.8) is 0 Å². The number of aromatic nitrogens is 2. The third-order valence-corrected chi connectivity index (χ3v) is 7.98. The fraction of sp³-hybridized carbons (Fsp3) is 0.308. The number of thiocarbonyl (C=S) groups is 1. The van der Waals surface area contributed by atoms with Gasteiger partial charge < -0.3 is 9.80 Å². The number of rotatable bonds is 5. The molecule has 0 bridgehead atoms. The average Bonchev–Trinajstić information content (AvgIpc) is 3.18. The monoisotopic (exact) mass is 523 g/mol. The van der Waals surface area contributed by atoms with Gasteiger partial charge in [0.2, 0.25) is 0 Å². The minimum Gasteiger partial charge on any atom is -0.366 e. The molecular formula is C26H26FN5O2S2. The van der Waals surface area contributed by atoms with Crippen LogP contribution in [-0.4, -0.2) is 56.7 Å². The summed E-state index contributed by atoms with van der Waals surface area (Å²) in [6, 6.07) is 12.1. The first-order valence-corrected chi connectivity index (χ1v) is 13.1. The van der Waals surface area contributed by atoms with Crippen molar-refractivity contribution in [1.82, 2.24) is 14.3 Å². The summed E-state index contributed by atoms with van der Waals surface area (Å²) in [5, 5.41) is 0. The van der Waals surface area contributed by atoms with Crippen molar-refractivity contribution in [3.05, 3.63) is 75.3 Å². The van der Waals surface area contributed by atoms with E-state index < -0.39 is 0 Å². The van der Waals surface area contributed by atoms with E-state index in [1.165, 1.54) is 22.2 Å². The van der Waals surface area contributed by atoms with Gasteiger partial charge in [0, 0.05) is 38.4 Å². The van der Waals surface area contributed by atoms with Crippen molar-refractivity contribution in [3.8, 4) is 0 Å². The van der Waals surface area contributed by atoms with Crippen LogP contribution in [0.4, 0.5) is 15.9 Å². The number of fused-ring (bicyclic) bond motifs is 1. The van der Waals surface area contributed by atoms with Gasteiger partial charge in [-0.05, 0) is 43.7 Å². The Morgan fingerprint density at radius 1 is 1.08 bits per heavy atom. The zero-order valence-electron chi connectivity index (χ0n) is 20.1. The molecule has 10 heteroatoms. The Balaban J connectivity index is 1.52. The van der Waals surface area contributed by atoms with E-state index in [4.69, 9.17) is 17.2 Å². The van der Waals surface area contributed by atoms with Crippen molar-refractivity contribution < 1.29 is 9.18 Å². The molecule has 2 aliphatic heterocycles. The third kappa shape index (κ3) is 4.39. The Hall–Kier alpha value is -3.24. The van der Waals surface area contributed by atoms with E-state index >= 15 is 0 Å². The van der Waals surface area contributed by atoms with Crippen molar-refractivity contribution in [1.29, 1.82) is 0 Å². The number of halogens is 1. The van der Waals surface area contributed by atoms with Crippen LogP contribution < -0.4 is 15.4 Å². The fourth-order valence-corrected chi connectivity index (χ4v) is 5.94. The summed E-state index contributed by atoms with van der Waals surface area (Å²) in [4.78, 5) is 37.7. The maximum atomic E-state index is 14.3. The summed E-state index contributed by atoms with van der Waals surface area (Å²) in [5.41, 5.74) is 1.19. The van der Waals surface area contributed by atoms with Crippen molar-refractivity contribution in [2.75, 3.05) is 36.0 Å². The van der Waals surface area contributed by atoms with Crippen LogP contribution >= 0.6 is 24.0 Å². The van der Waals surface area contributed by atoms with Crippen LogP contribution in [0.5, 0.6) is 0 Å². The van der Waals surface area contributed by atoms with Gasteiger partial charge in [0.15, 0.2) is 0 Å². The third-order valence-electron chi connectivity index (χ3n) is 6.65. The van der Waals surface area contributed by atoms with Crippen LogP contribution in [0, 0.1) is 5.82 Å². The van der Waals surface area contributed by atoms with Gasteiger partial charge in [-0.2, -0.15) is 0 Å². The van der Waals surface area contributed by atoms with E-state index in [1.54, 1.807) is 41.4 Å². The van der Waals surface area contributed by atoms with Gasteiger partial charge in [0.25, 0.3) is 11.5 Å². The predicted molar refractivity (Wildman–Crippen MR) is 147 cm³/mol. The lowest BCUT2D eigenvalue weighted by Crippen LogP contribution is -2.47. The number of para-hydroxylation sites is 1. The molecule has 2 saturated heterocycles. The second-order valence-corrected chi connectivity index (χ2v) is 10.5. The SMILES string of the molecule is CC[C@@H](C)N1C(=O)/C(=C/c2c(N3CCN(c4ccccc4F)CC3)nc3ccccn3c2=O)SC1=S. The number of pyridine rings is 1. The molecule has 0 saturated carbocycles. The number of hydrogen-bond donors (Lipinski definition) is 0. The first kappa shape index (κ1) is 24.5. The minimum absolute atomic E-state index is 0.0230. The zero-order chi connectivity index (χ0) is 25.4. The molecule has 2 aliphatic rings. The molecule has 0 spiro atoms. The van der Waals surface area contributed by atoms with E-state index in [0.717, 1.165) is 6.42 Å². The molecule has 0 aliphatic carbocycles. The Morgan fingerprint density at radius 3 is 2.50 bits per heavy atom. The maximum Gasteiger partial charge on any atom is 0.267 e. The van der Waals surface area contributed by atoms with Crippen LogP contribution in [0.2, 0.25) is 0 Å². The summed E-state index contributed by atoms with van der Waals surface area (Å²) in [5.74, 6) is 0.0810. The van der Waals surface area contributed by atoms with E-state index in [-0.39, 0.29) is 23.3 Å². The molecule has 36 heavy (non-hydrogen) atoms. The van der Waals surface area contributed by atoms with Gasteiger partial charge in [-0.15, -0.1) is 0 Å². The first-order valence-electron chi connectivity index (χ1n) is 11.9. The number of thioether (sulfide) groups is 1. The van der Waals surface area contributed by atoms with Crippen molar-refractivity contribution >= 4 is 57.4 Å².